The quantitative estimate of drug-likeness (QED) is 0.284. The summed E-state index contributed by atoms with van der Waals surface area (Å²) in [6.45, 7) is 1.71. The molecule has 3 aromatic carbocycles. The minimum absolute atomic E-state index is 0.100. The average molecular weight is 528 g/mol. The van der Waals surface area contributed by atoms with Crippen LogP contribution in [0.1, 0.15) is 31.8 Å². The number of fused-ring (bicyclic) bond motifs is 1. The molecule has 0 N–H and O–H groups in total. The molecule has 4 rings (SSSR count). The molecule has 0 spiro atoms. The number of carbonyl (C=O) groups is 2. The van der Waals surface area contributed by atoms with Crippen LogP contribution in [0.2, 0.25) is 0 Å². The summed E-state index contributed by atoms with van der Waals surface area (Å²) < 4.78 is 13.5. The highest BCUT2D eigenvalue weighted by Gasteiger charge is 2.30. The van der Waals surface area contributed by atoms with Gasteiger partial charge in [0.15, 0.2) is 18.1 Å². The largest absolute Gasteiger partial charge is 0.485 e. The van der Waals surface area contributed by atoms with Gasteiger partial charge in [0.25, 0.3) is 0 Å². The zero-order chi connectivity index (χ0) is 21.3. The molecule has 0 bridgehead atoms. The molecule has 0 fully saturated rings. The van der Waals surface area contributed by atoms with Crippen LogP contribution in [0.3, 0.4) is 0 Å². The van der Waals surface area contributed by atoms with Crippen LogP contribution < -0.4 is 9.47 Å². The lowest BCUT2D eigenvalue weighted by Crippen LogP contribution is -2.12. The first-order chi connectivity index (χ1) is 14.4. The van der Waals surface area contributed by atoms with E-state index in [1.165, 1.54) is 0 Å². The van der Waals surface area contributed by atoms with Crippen molar-refractivity contribution in [3.63, 3.8) is 0 Å². The van der Waals surface area contributed by atoms with Gasteiger partial charge in [0.05, 0.1) is 5.56 Å². The highest BCUT2D eigenvalue weighted by Crippen LogP contribution is 2.39. The molecule has 0 unspecified atom stereocenters. The van der Waals surface area contributed by atoms with Crippen molar-refractivity contribution in [2.45, 2.75) is 6.92 Å². The first-order valence-electron chi connectivity index (χ1n) is 9.17. The van der Waals surface area contributed by atoms with Gasteiger partial charge in [-0.3, -0.25) is 9.59 Å². The van der Waals surface area contributed by atoms with Crippen molar-refractivity contribution in [2.75, 3.05) is 6.61 Å². The van der Waals surface area contributed by atoms with Gasteiger partial charge in [-0.2, -0.15) is 0 Å². The third-order valence-corrected chi connectivity index (χ3v) is 5.79. The molecule has 0 saturated heterocycles. The predicted molar refractivity (Wildman–Crippen MR) is 122 cm³/mol. The smallest absolute Gasteiger partial charge is 0.231 e. The minimum atomic E-state index is -0.173. The van der Waals surface area contributed by atoms with Crippen molar-refractivity contribution < 1.29 is 19.1 Å². The third-order valence-electron chi connectivity index (χ3n) is 4.73. The summed E-state index contributed by atoms with van der Waals surface area (Å²) in [6, 6.07) is 18.1. The van der Waals surface area contributed by atoms with Gasteiger partial charge in [-0.1, -0.05) is 56.1 Å². The molecule has 0 saturated carbocycles. The second-order valence-electron chi connectivity index (χ2n) is 6.78. The van der Waals surface area contributed by atoms with E-state index in [0.717, 1.165) is 14.5 Å². The monoisotopic (exact) mass is 526 g/mol. The topological polar surface area (TPSA) is 52.6 Å². The fourth-order valence-electron chi connectivity index (χ4n) is 3.10. The van der Waals surface area contributed by atoms with Gasteiger partial charge < -0.3 is 9.47 Å². The molecule has 1 heterocycles. The first-order valence-corrected chi connectivity index (χ1v) is 10.8. The lowest BCUT2D eigenvalue weighted by molar-refractivity contribution is 0.0920. The molecule has 1 aliphatic heterocycles. The second-order valence-corrected chi connectivity index (χ2v) is 8.61. The van der Waals surface area contributed by atoms with Crippen LogP contribution in [0, 0.1) is 6.92 Å². The second kappa shape index (κ2) is 8.58. The molecule has 3 aromatic rings. The Hall–Kier alpha value is -2.70. The maximum absolute atomic E-state index is 12.7. The molecular weight excluding hydrogens is 512 g/mol. The predicted octanol–water partition coefficient (Wildman–Crippen LogP) is 6.40. The normalized spacial score (nSPS) is 13.8. The Balaban J connectivity index is 1.52. The van der Waals surface area contributed by atoms with E-state index in [2.05, 4.69) is 31.9 Å². The fourth-order valence-corrected chi connectivity index (χ4v) is 3.63. The molecule has 30 heavy (non-hydrogen) atoms. The van der Waals surface area contributed by atoms with Crippen molar-refractivity contribution in [3.8, 4) is 11.5 Å². The van der Waals surface area contributed by atoms with E-state index in [-0.39, 0.29) is 23.9 Å². The van der Waals surface area contributed by atoms with Gasteiger partial charge in [-0.15, -0.1) is 0 Å². The Morgan fingerprint density at radius 2 is 1.60 bits per heavy atom. The summed E-state index contributed by atoms with van der Waals surface area (Å²) in [4.78, 5) is 25.1. The molecule has 150 valence electrons. The van der Waals surface area contributed by atoms with Crippen LogP contribution in [-0.4, -0.2) is 18.2 Å². The molecule has 0 amide bonds. The molecule has 4 nitrogen and oxygen atoms in total. The zero-order valence-corrected chi connectivity index (χ0v) is 19.1. The van der Waals surface area contributed by atoms with Crippen LogP contribution in [0.5, 0.6) is 11.5 Å². The van der Waals surface area contributed by atoms with E-state index in [9.17, 15) is 9.59 Å². The maximum Gasteiger partial charge on any atom is 0.231 e. The number of ether oxygens (including phenoxy) is 2. The molecule has 0 aliphatic carbocycles. The lowest BCUT2D eigenvalue weighted by Gasteiger charge is -2.11. The number of ketones is 2. The van der Waals surface area contributed by atoms with Crippen LogP contribution in [0.25, 0.3) is 6.08 Å². The van der Waals surface area contributed by atoms with Crippen molar-refractivity contribution in [3.05, 3.63) is 97.6 Å². The Morgan fingerprint density at radius 1 is 0.967 bits per heavy atom. The van der Waals surface area contributed by atoms with Gasteiger partial charge in [0.1, 0.15) is 11.5 Å². The van der Waals surface area contributed by atoms with E-state index < -0.39 is 0 Å². The van der Waals surface area contributed by atoms with E-state index in [0.29, 0.717) is 28.2 Å². The zero-order valence-electron chi connectivity index (χ0n) is 15.9. The van der Waals surface area contributed by atoms with Crippen molar-refractivity contribution >= 4 is 49.5 Å². The molecule has 6 heteroatoms. The van der Waals surface area contributed by atoms with Gasteiger partial charge >= 0.3 is 0 Å². The Labute approximate surface area is 190 Å². The highest BCUT2D eigenvalue weighted by molar-refractivity contribution is 9.10. The Bertz CT molecular complexity index is 1160. The number of halogens is 2. The van der Waals surface area contributed by atoms with Crippen molar-refractivity contribution in [1.82, 2.24) is 0 Å². The summed E-state index contributed by atoms with van der Waals surface area (Å²) >= 11 is 6.75. The Morgan fingerprint density at radius 3 is 2.27 bits per heavy atom. The SMILES string of the molecule is Cc1c(OCC(=O)c2ccc(Br)cc2)ccc2c1O/C(=C\c1ccc(Br)cc1)C2=O. The molecular formula is C24H16Br2O4. The number of carbonyl (C=O) groups excluding carboxylic acids is 2. The summed E-state index contributed by atoms with van der Waals surface area (Å²) in [7, 11) is 0. The average Bonchev–Trinajstić information content (AvgIpc) is 3.06. The molecule has 1 aliphatic rings. The fraction of sp³-hybridized carbons (Fsp3) is 0.0833. The number of benzene rings is 3. The third kappa shape index (κ3) is 4.25. The van der Waals surface area contributed by atoms with Crippen LogP contribution in [0.4, 0.5) is 0 Å². The summed E-state index contributed by atoms with van der Waals surface area (Å²) in [6.07, 6.45) is 1.71. The van der Waals surface area contributed by atoms with E-state index in [1.54, 1.807) is 30.3 Å². The lowest BCUT2D eigenvalue weighted by atomic mass is 10.1. The minimum Gasteiger partial charge on any atom is -0.485 e. The summed E-state index contributed by atoms with van der Waals surface area (Å²) in [5.41, 5.74) is 2.61. The highest BCUT2D eigenvalue weighted by atomic mass is 79.9. The number of Topliss-reactive ketones (excluding diaryl/α,β-unsaturated/α-hetero) is 2. The standard InChI is InChI=1S/C24H16Br2O4/c1-14-21(29-13-20(27)16-4-8-18(26)9-5-16)11-10-19-23(28)22(30-24(14)19)12-15-2-6-17(25)7-3-15/h2-12H,13H2,1H3/b22-12-. The maximum atomic E-state index is 12.7. The van der Waals surface area contributed by atoms with E-state index >= 15 is 0 Å². The summed E-state index contributed by atoms with van der Waals surface area (Å²) in [5, 5.41) is 0. The van der Waals surface area contributed by atoms with Crippen LogP contribution in [-0.2, 0) is 0 Å². The summed E-state index contributed by atoms with van der Waals surface area (Å²) in [5.74, 6) is 0.941. The van der Waals surface area contributed by atoms with Gasteiger partial charge in [-0.25, -0.2) is 0 Å². The number of rotatable bonds is 5. The van der Waals surface area contributed by atoms with Crippen LogP contribution in [0.15, 0.2) is 75.4 Å². The number of hydrogen-bond acceptors (Lipinski definition) is 4. The van der Waals surface area contributed by atoms with Gasteiger partial charge in [0, 0.05) is 20.1 Å². The van der Waals surface area contributed by atoms with E-state index in [4.69, 9.17) is 9.47 Å². The van der Waals surface area contributed by atoms with Gasteiger partial charge in [0.2, 0.25) is 5.78 Å². The van der Waals surface area contributed by atoms with Gasteiger partial charge in [-0.05, 0) is 55.0 Å². The van der Waals surface area contributed by atoms with Crippen molar-refractivity contribution in [1.29, 1.82) is 0 Å². The molecule has 0 aromatic heterocycles. The van der Waals surface area contributed by atoms with Crippen LogP contribution >= 0.6 is 31.9 Å². The molecule has 0 radical (unpaired) electrons. The first kappa shape index (κ1) is 20.6. The van der Waals surface area contributed by atoms with E-state index in [1.807, 2.05) is 43.3 Å². The van der Waals surface area contributed by atoms with Crippen molar-refractivity contribution in [2.24, 2.45) is 0 Å². The number of allylic oxidation sites excluding steroid dienone is 1. The number of hydrogen-bond donors (Lipinski definition) is 0. The molecule has 0 atom stereocenters. The Kier molecular flexibility index (Phi) is 5.88.